The predicted octanol–water partition coefficient (Wildman–Crippen LogP) is 3.32. The highest BCUT2D eigenvalue weighted by molar-refractivity contribution is 6.06. The van der Waals surface area contributed by atoms with E-state index in [9.17, 15) is 9.59 Å². The van der Waals surface area contributed by atoms with Gasteiger partial charge in [0.05, 0.1) is 6.54 Å². The number of carbonyl (C=O) groups excluding carboxylic acids is 2. The van der Waals surface area contributed by atoms with Gasteiger partial charge in [0, 0.05) is 17.7 Å². The average Bonchev–Trinajstić information content (AvgIpc) is 3.10. The number of ketones is 1. The molecule has 0 atom stereocenters. The zero-order valence-corrected chi connectivity index (χ0v) is 15.1. The maximum Gasteiger partial charge on any atom is 0.410 e. The van der Waals surface area contributed by atoms with Gasteiger partial charge >= 0.3 is 6.09 Å². The van der Waals surface area contributed by atoms with Crippen molar-refractivity contribution in [2.24, 2.45) is 0 Å². The molecule has 0 spiro atoms. The predicted molar refractivity (Wildman–Crippen MR) is 94.6 cm³/mol. The lowest BCUT2D eigenvalue weighted by Crippen LogP contribution is -2.39. The van der Waals surface area contributed by atoms with Gasteiger partial charge in [0.25, 0.3) is 5.89 Å². The average molecular weight is 355 g/mol. The summed E-state index contributed by atoms with van der Waals surface area (Å²) in [5.74, 6) is -0.0555. The Labute approximate surface area is 151 Å². The number of rotatable bonds is 3. The molecular formula is C19H21N3O4. The van der Waals surface area contributed by atoms with Crippen molar-refractivity contribution in [1.29, 1.82) is 0 Å². The Morgan fingerprint density at radius 3 is 2.62 bits per heavy atom. The van der Waals surface area contributed by atoms with Crippen molar-refractivity contribution >= 4 is 17.4 Å². The molecule has 0 fully saturated rings. The van der Waals surface area contributed by atoms with Crippen LogP contribution in [0.3, 0.4) is 0 Å². The molecule has 1 aliphatic heterocycles. The van der Waals surface area contributed by atoms with Crippen LogP contribution in [-0.4, -0.2) is 45.6 Å². The molecule has 1 aliphatic rings. The molecule has 3 rings (SSSR count). The fraction of sp³-hybridized carbons (Fsp3) is 0.368. The van der Waals surface area contributed by atoms with E-state index in [0.717, 1.165) is 0 Å². The fourth-order valence-corrected chi connectivity index (χ4v) is 2.55. The van der Waals surface area contributed by atoms with Crippen LogP contribution in [0.4, 0.5) is 4.79 Å². The third kappa shape index (κ3) is 4.17. The molecule has 26 heavy (non-hydrogen) atoms. The zero-order chi connectivity index (χ0) is 18.7. The molecule has 136 valence electrons. The third-order valence-electron chi connectivity index (χ3n) is 3.74. The van der Waals surface area contributed by atoms with Gasteiger partial charge in [0.15, 0.2) is 0 Å². The summed E-state index contributed by atoms with van der Waals surface area (Å²) < 4.78 is 10.6. The van der Waals surface area contributed by atoms with E-state index in [-0.39, 0.29) is 23.6 Å². The largest absolute Gasteiger partial charge is 0.444 e. The van der Waals surface area contributed by atoms with E-state index in [4.69, 9.17) is 9.26 Å². The topological polar surface area (TPSA) is 85.5 Å². The fourth-order valence-electron chi connectivity index (χ4n) is 2.55. The number of hydrogen-bond donors (Lipinski definition) is 0. The highest BCUT2D eigenvalue weighted by atomic mass is 16.6. The summed E-state index contributed by atoms with van der Waals surface area (Å²) in [5.41, 5.74) is 0.646. The van der Waals surface area contributed by atoms with Crippen LogP contribution < -0.4 is 0 Å². The first-order chi connectivity index (χ1) is 12.3. The number of amides is 1. The van der Waals surface area contributed by atoms with Gasteiger partial charge in [-0.15, -0.1) is 0 Å². The molecule has 0 N–H and O–H groups in total. The standard InChI is InChI=1S/C19H21N3O4/c1-19(2,3)25-18(24)22-11-7-10-14(12-22)17-20-16(21-26-17)15(23)13-8-5-4-6-9-13/h4-6,8-10H,7,11-12H2,1-3H3. The van der Waals surface area contributed by atoms with Gasteiger partial charge in [-0.3, -0.25) is 4.79 Å². The molecule has 1 aromatic carbocycles. The maximum absolute atomic E-state index is 12.4. The lowest BCUT2D eigenvalue weighted by atomic mass is 10.1. The molecule has 2 aromatic rings. The summed E-state index contributed by atoms with van der Waals surface area (Å²) in [6.45, 7) is 6.33. The SMILES string of the molecule is CC(C)(C)OC(=O)N1CCC=C(c2nc(C(=O)c3ccccc3)no2)C1. The quantitative estimate of drug-likeness (QED) is 0.785. The van der Waals surface area contributed by atoms with E-state index in [1.165, 1.54) is 0 Å². The van der Waals surface area contributed by atoms with Crippen molar-refractivity contribution in [3.63, 3.8) is 0 Å². The summed E-state index contributed by atoms with van der Waals surface area (Å²) >= 11 is 0. The molecule has 2 heterocycles. The van der Waals surface area contributed by atoms with Crippen LogP contribution in [0.1, 0.15) is 49.3 Å². The third-order valence-corrected chi connectivity index (χ3v) is 3.74. The summed E-state index contributed by atoms with van der Waals surface area (Å²) in [5, 5.41) is 3.79. The molecule has 0 unspecified atom stereocenters. The van der Waals surface area contributed by atoms with Crippen LogP contribution >= 0.6 is 0 Å². The summed E-state index contributed by atoms with van der Waals surface area (Å²) in [6.07, 6.45) is 2.20. The Bertz CT molecular complexity index is 834. The van der Waals surface area contributed by atoms with E-state index in [2.05, 4.69) is 10.1 Å². The molecule has 1 aromatic heterocycles. The number of benzene rings is 1. The molecular weight excluding hydrogens is 334 g/mol. The van der Waals surface area contributed by atoms with Crippen molar-refractivity contribution in [3.8, 4) is 0 Å². The van der Waals surface area contributed by atoms with Crippen LogP contribution in [0.25, 0.3) is 5.57 Å². The van der Waals surface area contributed by atoms with E-state index < -0.39 is 5.60 Å². The highest BCUT2D eigenvalue weighted by Crippen LogP contribution is 2.22. The molecule has 0 radical (unpaired) electrons. The van der Waals surface area contributed by atoms with Crippen LogP contribution in [-0.2, 0) is 4.74 Å². The first kappa shape index (κ1) is 17.8. The van der Waals surface area contributed by atoms with E-state index >= 15 is 0 Å². The summed E-state index contributed by atoms with van der Waals surface area (Å²) in [6, 6.07) is 8.77. The Morgan fingerprint density at radius 2 is 1.92 bits per heavy atom. The Balaban J connectivity index is 1.72. The van der Waals surface area contributed by atoms with Gasteiger partial charge in [0.1, 0.15) is 5.60 Å². The van der Waals surface area contributed by atoms with Gasteiger partial charge in [-0.2, -0.15) is 4.98 Å². The van der Waals surface area contributed by atoms with Crippen LogP contribution in [0.15, 0.2) is 40.9 Å². The van der Waals surface area contributed by atoms with Gasteiger partial charge in [0.2, 0.25) is 11.6 Å². The maximum atomic E-state index is 12.4. The van der Waals surface area contributed by atoms with Crippen molar-refractivity contribution in [3.05, 3.63) is 53.7 Å². The highest BCUT2D eigenvalue weighted by Gasteiger charge is 2.27. The van der Waals surface area contributed by atoms with Crippen molar-refractivity contribution in [1.82, 2.24) is 15.0 Å². The summed E-state index contributed by atoms with van der Waals surface area (Å²) in [4.78, 5) is 30.4. The van der Waals surface area contributed by atoms with Gasteiger partial charge in [-0.25, -0.2) is 4.79 Å². The number of hydrogen-bond acceptors (Lipinski definition) is 6. The smallest absolute Gasteiger partial charge is 0.410 e. The molecule has 0 bridgehead atoms. The number of ether oxygens (including phenoxy) is 1. The molecule has 1 amide bonds. The second kappa shape index (κ2) is 7.11. The zero-order valence-electron chi connectivity index (χ0n) is 15.1. The number of nitrogens with zero attached hydrogens (tertiary/aromatic N) is 3. The van der Waals surface area contributed by atoms with E-state index in [1.54, 1.807) is 29.2 Å². The molecule has 0 saturated carbocycles. The number of carbonyl (C=O) groups is 2. The monoisotopic (exact) mass is 355 g/mol. The van der Waals surface area contributed by atoms with Crippen LogP contribution in [0.2, 0.25) is 0 Å². The molecule has 0 saturated heterocycles. The normalized spacial score (nSPS) is 14.7. The first-order valence-electron chi connectivity index (χ1n) is 8.44. The molecule has 7 heteroatoms. The minimum atomic E-state index is -0.557. The van der Waals surface area contributed by atoms with Crippen molar-refractivity contribution in [2.75, 3.05) is 13.1 Å². The summed E-state index contributed by atoms with van der Waals surface area (Å²) in [7, 11) is 0. The van der Waals surface area contributed by atoms with Gasteiger partial charge < -0.3 is 14.2 Å². The van der Waals surface area contributed by atoms with Gasteiger partial charge in [-0.1, -0.05) is 41.6 Å². The lowest BCUT2D eigenvalue weighted by molar-refractivity contribution is 0.0272. The minimum absolute atomic E-state index is 0.00138. The molecule has 0 aliphatic carbocycles. The Hall–Kier alpha value is -2.96. The van der Waals surface area contributed by atoms with Crippen molar-refractivity contribution < 1.29 is 18.8 Å². The van der Waals surface area contributed by atoms with Crippen molar-refractivity contribution in [2.45, 2.75) is 32.8 Å². The second-order valence-corrected chi connectivity index (χ2v) is 7.04. The Kier molecular flexibility index (Phi) is 4.88. The number of aromatic nitrogens is 2. The van der Waals surface area contributed by atoms with Crippen LogP contribution in [0.5, 0.6) is 0 Å². The lowest BCUT2D eigenvalue weighted by Gasteiger charge is -2.29. The van der Waals surface area contributed by atoms with E-state index in [1.807, 2.05) is 32.9 Å². The second-order valence-electron chi connectivity index (χ2n) is 7.04. The van der Waals surface area contributed by atoms with E-state index in [0.29, 0.717) is 30.6 Å². The minimum Gasteiger partial charge on any atom is -0.444 e. The first-order valence-corrected chi connectivity index (χ1v) is 8.44. The molecule has 7 nitrogen and oxygen atoms in total. The Morgan fingerprint density at radius 1 is 1.19 bits per heavy atom. The van der Waals surface area contributed by atoms with Gasteiger partial charge in [-0.05, 0) is 27.2 Å². The van der Waals surface area contributed by atoms with Crippen LogP contribution in [0, 0.1) is 0 Å².